The third-order valence-electron chi connectivity index (χ3n) is 3.11. The number of anilines is 2. The van der Waals surface area contributed by atoms with Crippen molar-refractivity contribution in [2.45, 2.75) is 20.0 Å². The first-order valence-corrected chi connectivity index (χ1v) is 7.08. The highest BCUT2D eigenvalue weighted by Crippen LogP contribution is 2.13. The van der Waals surface area contributed by atoms with E-state index in [1.807, 2.05) is 0 Å². The summed E-state index contributed by atoms with van der Waals surface area (Å²) in [5.74, 6) is -1.60. The lowest BCUT2D eigenvalue weighted by molar-refractivity contribution is -0.123. The smallest absolute Gasteiger partial charge is 0.361 e. The Hall–Kier alpha value is -3.29. The lowest BCUT2D eigenvalue weighted by Crippen LogP contribution is -2.30. The van der Waals surface area contributed by atoms with Crippen LogP contribution in [0.5, 0.6) is 0 Å². The number of nitrogens with zero attached hydrogens (tertiary/aromatic N) is 2. The molecule has 8 nitrogen and oxygen atoms in total. The van der Waals surface area contributed by atoms with Crippen molar-refractivity contribution in [1.82, 2.24) is 9.97 Å². The van der Waals surface area contributed by atoms with Crippen LogP contribution in [0.25, 0.3) is 0 Å². The van der Waals surface area contributed by atoms with Gasteiger partial charge in [-0.2, -0.15) is 0 Å². The van der Waals surface area contributed by atoms with Gasteiger partial charge < -0.3 is 15.8 Å². The standard InChI is InChI=1S/C16H16N4O4/c1-9(21)11-4-3-5-12(8-11)20-15(22)10(2)24-16(23)13-14(17)19-7-6-18-13/h3-8,10H,1-2H3,(H2,17,19)(H,20,22). The highest BCUT2D eigenvalue weighted by Gasteiger charge is 2.22. The summed E-state index contributed by atoms with van der Waals surface area (Å²) in [6.07, 6.45) is 1.55. The van der Waals surface area contributed by atoms with E-state index in [0.717, 1.165) is 0 Å². The van der Waals surface area contributed by atoms with Gasteiger partial charge in [-0.05, 0) is 26.0 Å². The van der Waals surface area contributed by atoms with E-state index in [9.17, 15) is 14.4 Å². The molecule has 0 bridgehead atoms. The van der Waals surface area contributed by atoms with Crippen molar-refractivity contribution in [2.24, 2.45) is 0 Å². The maximum Gasteiger partial charge on any atom is 0.361 e. The minimum absolute atomic E-state index is 0.0794. The number of Topliss-reactive ketones (excluding diaryl/α,β-unsaturated/α-hetero) is 1. The summed E-state index contributed by atoms with van der Waals surface area (Å²) in [5, 5.41) is 2.57. The number of nitrogens with two attached hydrogens (primary N) is 1. The van der Waals surface area contributed by atoms with Crippen molar-refractivity contribution >= 4 is 29.2 Å². The topological polar surface area (TPSA) is 124 Å². The van der Waals surface area contributed by atoms with Gasteiger partial charge in [0.25, 0.3) is 5.91 Å². The number of benzene rings is 1. The van der Waals surface area contributed by atoms with Crippen LogP contribution >= 0.6 is 0 Å². The van der Waals surface area contributed by atoms with Gasteiger partial charge in [-0.1, -0.05) is 12.1 Å². The highest BCUT2D eigenvalue weighted by atomic mass is 16.5. The fraction of sp³-hybridized carbons (Fsp3) is 0.188. The number of hydrogen-bond donors (Lipinski definition) is 2. The third-order valence-corrected chi connectivity index (χ3v) is 3.11. The van der Waals surface area contributed by atoms with Crippen LogP contribution in [0.15, 0.2) is 36.7 Å². The van der Waals surface area contributed by atoms with Crippen LogP contribution in [0.3, 0.4) is 0 Å². The number of nitrogens with one attached hydrogen (secondary N) is 1. The summed E-state index contributed by atoms with van der Waals surface area (Å²) in [6, 6.07) is 6.44. The summed E-state index contributed by atoms with van der Waals surface area (Å²) in [7, 11) is 0. The van der Waals surface area contributed by atoms with Crippen molar-refractivity contribution in [3.8, 4) is 0 Å². The molecule has 2 aromatic rings. The van der Waals surface area contributed by atoms with E-state index in [4.69, 9.17) is 10.5 Å². The normalized spacial score (nSPS) is 11.4. The van der Waals surface area contributed by atoms with Crippen molar-refractivity contribution in [2.75, 3.05) is 11.1 Å². The first-order valence-electron chi connectivity index (χ1n) is 7.08. The summed E-state index contributed by atoms with van der Waals surface area (Å²) < 4.78 is 5.03. The zero-order valence-electron chi connectivity index (χ0n) is 13.1. The molecule has 1 amide bonds. The Morgan fingerprint density at radius 1 is 1.21 bits per heavy atom. The number of rotatable bonds is 5. The predicted octanol–water partition coefficient (Wildman–Crippen LogP) is 1.45. The molecule has 1 atom stereocenters. The number of amides is 1. The van der Waals surface area contributed by atoms with Gasteiger partial charge in [0.1, 0.15) is 0 Å². The number of ketones is 1. The molecule has 2 rings (SSSR count). The molecule has 0 spiro atoms. The largest absolute Gasteiger partial charge is 0.448 e. The Bertz CT molecular complexity index is 791. The van der Waals surface area contributed by atoms with Gasteiger partial charge >= 0.3 is 5.97 Å². The zero-order chi connectivity index (χ0) is 17.7. The Balaban J connectivity index is 2.02. The quantitative estimate of drug-likeness (QED) is 0.628. The maximum atomic E-state index is 12.1. The van der Waals surface area contributed by atoms with Gasteiger partial charge in [-0.3, -0.25) is 9.59 Å². The van der Waals surface area contributed by atoms with Crippen LogP contribution < -0.4 is 11.1 Å². The number of esters is 1. The molecule has 24 heavy (non-hydrogen) atoms. The second-order valence-corrected chi connectivity index (χ2v) is 4.96. The van der Waals surface area contributed by atoms with Crippen LogP contribution in [-0.2, 0) is 9.53 Å². The number of hydrogen-bond acceptors (Lipinski definition) is 7. The first-order chi connectivity index (χ1) is 11.4. The van der Waals surface area contributed by atoms with Gasteiger partial charge in [-0.25, -0.2) is 14.8 Å². The number of aromatic nitrogens is 2. The summed E-state index contributed by atoms with van der Waals surface area (Å²) in [4.78, 5) is 42.9. The maximum absolute atomic E-state index is 12.1. The molecule has 0 aliphatic rings. The van der Waals surface area contributed by atoms with Crippen LogP contribution in [0.4, 0.5) is 11.5 Å². The Kier molecular flexibility index (Phi) is 5.20. The molecular weight excluding hydrogens is 312 g/mol. The molecule has 0 aliphatic heterocycles. The molecule has 3 N–H and O–H groups in total. The third kappa shape index (κ3) is 4.13. The molecule has 0 radical (unpaired) electrons. The fourth-order valence-corrected chi connectivity index (χ4v) is 1.84. The van der Waals surface area contributed by atoms with Gasteiger partial charge in [0.2, 0.25) is 0 Å². The molecule has 1 unspecified atom stereocenters. The van der Waals surface area contributed by atoms with Crippen molar-refractivity contribution in [3.05, 3.63) is 47.9 Å². The highest BCUT2D eigenvalue weighted by molar-refractivity contribution is 5.99. The van der Waals surface area contributed by atoms with Crippen LogP contribution in [0, 0.1) is 0 Å². The minimum atomic E-state index is -1.08. The average Bonchev–Trinajstić information content (AvgIpc) is 2.55. The molecule has 1 aromatic carbocycles. The predicted molar refractivity (Wildman–Crippen MR) is 86.4 cm³/mol. The summed E-state index contributed by atoms with van der Waals surface area (Å²) >= 11 is 0. The van der Waals surface area contributed by atoms with E-state index in [1.54, 1.807) is 18.2 Å². The van der Waals surface area contributed by atoms with Crippen LogP contribution in [-0.4, -0.2) is 33.7 Å². The monoisotopic (exact) mass is 328 g/mol. The van der Waals surface area contributed by atoms with Crippen molar-refractivity contribution in [1.29, 1.82) is 0 Å². The van der Waals surface area contributed by atoms with Crippen LogP contribution in [0.2, 0.25) is 0 Å². The van der Waals surface area contributed by atoms with Crippen molar-refractivity contribution in [3.63, 3.8) is 0 Å². The molecule has 124 valence electrons. The van der Waals surface area contributed by atoms with E-state index in [-0.39, 0.29) is 17.3 Å². The lowest BCUT2D eigenvalue weighted by atomic mass is 10.1. The number of carbonyl (C=O) groups excluding carboxylic acids is 3. The van der Waals surface area contributed by atoms with Gasteiger partial charge in [0.15, 0.2) is 23.4 Å². The van der Waals surface area contributed by atoms with E-state index in [2.05, 4.69) is 15.3 Å². The van der Waals surface area contributed by atoms with Gasteiger partial charge in [0.05, 0.1) is 0 Å². The number of carbonyl (C=O) groups is 3. The Morgan fingerprint density at radius 3 is 2.58 bits per heavy atom. The number of ether oxygens (including phenoxy) is 1. The lowest BCUT2D eigenvalue weighted by Gasteiger charge is -2.14. The second kappa shape index (κ2) is 7.32. The summed E-state index contributed by atoms with van der Waals surface area (Å²) in [5.41, 5.74) is 6.27. The molecular formula is C16H16N4O4. The van der Waals surface area contributed by atoms with Gasteiger partial charge in [-0.15, -0.1) is 0 Å². The molecule has 1 heterocycles. The SMILES string of the molecule is CC(=O)c1cccc(NC(=O)C(C)OC(=O)c2nccnc2N)c1. The van der Waals surface area contributed by atoms with Gasteiger partial charge in [0, 0.05) is 23.6 Å². The minimum Gasteiger partial charge on any atom is -0.448 e. The Labute approximate surface area is 138 Å². The zero-order valence-corrected chi connectivity index (χ0v) is 13.1. The molecule has 0 fully saturated rings. The van der Waals surface area contributed by atoms with E-state index in [1.165, 1.54) is 32.3 Å². The molecule has 1 aromatic heterocycles. The van der Waals surface area contributed by atoms with E-state index in [0.29, 0.717) is 11.3 Å². The molecule has 0 aliphatic carbocycles. The second-order valence-electron chi connectivity index (χ2n) is 4.96. The summed E-state index contributed by atoms with van der Waals surface area (Å²) in [6.45, 7) is 2.84. The molecule has 0 saturated carbocycles. The van der Waals surface area contributed by atoms with Crippen LogP contribution in [0.1, 0.15) is 34.7 Å². The van der Waals surface area contributed by atoms with Crippen molar-refractivity contribution < 1.29 is 19.1 Å². The number of nitrogen functional groups attached to an aromatic ring is 1. The van der Waals surface area contributed by atoms with E-state index < -0.39 is 18.0 Å². The first kappa shape index (κ1) is 17.1. The van der Waals surface area contributed by atoms with E-state index >= 15 is 0 Å². The molecule has 0 saturated heterocycles. The Morgan fingerprint density at radius 2 is 1.92 bits per heavy atom. The average molecular weight is 328 g/mol. The fourth-order valence-electron chi connectivity index (χ4n) is 1.84. The molecule has 8 heteroatoms.